The van der Waals surface area contributed by atoms with E-state index >= 15 is 0 Å². The quantitative estimate of drug-likeness (QED) is 0.456. The molecule has 0 bridgehead atoms. The van der Waals surface area contributed by atoms with Gasteiger partial charge < -0.3 is 9.47 Å². The minimum absolute atomic E-state index is 0.0165. The van der Waals surface area contributed by atoms with Crippen LogP contribution in [0.2, 0.25) is 10.0 Å². The van der Waals surface area contributed by atoms with Crippen LogP contribution < -0.4 is 10.2 Å². The standard InChI is InChI=1S/C12H15Cl2NO4/c1-17-8-19-15-12(16)3-2-6-18-11-5-4-9(13)7-10(11)14/h4-5,7H,2-3,6,8H2,1H3,(H,15,16). The Morgan fingerprint density at radius 3 is 2.84 bits per heavy atom. The largest absolute Gasteiger partial charge is 0.492 e. The van der Waals surface area contributed by atoms with Crippen molar-refractivity contribution in [1.29, 1.82) is 0 Å². The highest BCUT2D eigenvalue weighted by molar-refractivity contribution is 6.35. The first-order valence-corrected chi connectivity index (χ1v) is 6.36. The molecule has 0 saturated heterocycles. The molecular formula is C12H15Cl2NO4. The second kappa shape index (κ2) is 8.98. The van der Waals surface area contributed by atoms with Gasteiger partial charge in [-0.15, -0.1) is 0 Å². The summed E-state index contributed by atoms with van der Waals surface area (Å²) in [4.78, 5) is 15.9. The van der Waals surface area contributed by atoms with Crippen LogP contribution in [0.15, 0.2) is 18.2 Å². The van der Waals surface area contributed by atoms with Crippen LogP contribution in [-0.4, -0.2) is 26.4 Å². The van der Waals surface area contributed by atoms with Gasteiger partial charge in [0, 0.05) is 18.6 Å². The molecule has 19 heavy (non-hydrogen) atoms. The summed E-state index contributed by atoms with van der Waals surface area (Å²) in [6.45, 7) is 0.391. The predicted molar refractivity (Wildman–Crippen MR) is 72.3 cm³/mol. The van der Waals surface area contributed by atoms with Gasteiger partial charge in [0.25, 0.3) is 0 Å². The summed E-state index contributed by atoms with van der Waals surface area (Å²) in [7, 11) is 1.47. The Bertz CT molecular complexity index is 415. The molecular weight excluding hydrogens is 293 g/mol. The maximum absolute atomic E-state index is 11.3. The van der Waals surface area contributed by atoms with E-state index in [-0.39, 0.29) is 19.1 Å². The minimum Gasteiger partial charge on any atom is -0.492 e. The monoisotopic (exact) mass is 307 g/mol. The second-order valence-corrected chi connectivity index (χ2v) is 4.45. The fraction of sp³-hybridized carbons (Fsp3) is 0.417. The number of hydrogen-bond acceptors (Lipinski definition) is 4. The van der Waals surface area contributed by atoms with E-state index < -0.39 is 0 Å². The van der Waals surface area contributed by atoms with Crippen molar-refractivity contribution in [3.8, 4) is 5.75 Å². The van der Waals surface area contributed by atoms with Crippen LogP contribution in [0.1, 0.15) is 12.8 Å². The Balaban J connectivity index is 2.18. The molecule has 0 aliphatic heterocycles. The third-order valence-corrected chi connectivity index (χ3v) is 2.59. The van der Waals surface area contributed by atoms with Crippen LogP contribution >= 0.6 is 23.2 Å². The van der Waals surface area contributed by atoms with Gasteiger partial charge in [-0.1, -0.05) is 23.2 Å². The lowest BCUT2D eigenvalue weighted by Crippen LogP contribution is -2.24. The van der Waals surface area contributed by atoms with Gasteiger partial charge in [0.1, 0.15) is 5.75 Å². The molecule has 0 spiro atoms. The summed E-state index contributed by atoms with van der Waals surface area (Å²) >= 11 is 11.7. The van der Waals surface area contributed by atoms with E-state index in [1.165, 1.54) is 7.11 Å². The lowest BCUT2D eigenvalue weighted by Gasteiger charge is -2.08. The average Bonchev–Trinajstić information content (AvgIpc) is 2.37. The number of methoxy groups -OCH3 is 1. The molecule has 1 N–H and O–H groups in total. The molecule has 0 aromatic heterocycles. The summed E-state index contributed by atoms with van der Waals surface area (Å²) in [6.07, 6.45) is 0.829. The summed E-state index contributed by atoms with van der Waals surface area (Å²) in [5, 5.41) is 0.993. The highest BCUT2D eigenvalue weighted by atomic mass is 35.5. The van der Waals surface area contributed by atoms with E-state index in [1.807, 2.05) is 0 Å². The first-order chi connectivity index (χ1) is 9.13. The van der Waals surface area contributed by atoms with Crippen LogP contribution in [0.4, 0.5) is 0 Å². The van der Waals surface area contributed by atoms with E-state index in [4.69, 9.17) is 32.8 Å². The van der Waals surface area contributed by atoms with Crippen molar-refractivity contribution in [2.24, 2.45) is 0 Å². The molecule has 0 aliphatic rings. The van der Waals surface area contributed by atoms with Crippen LogP contribution in [0.3, 0.4) is 0 Å². The van der Waals surface area contributed by atoms with Gasteiger partial charge in [0.05, 0.1) is 11.6 Å². The zero-order chi connectivity index (χ0) is 14.1. The third-order valence-electron chi connectivity index (χ3n) is 2.06. The van der Waals surface area contributed by atoms with Crippen molar-refractivity contribution < 1.29 is 19.1 Å². The molecule has 7 heteroatoms. The molecule has 1 aromatic rings. The van der Waals surface area contributed by atoms with Crippen molar-refractivity contribution in [1.82, 2.24) is 5.48 Å². The molecule has 0 fully saturated rings. The Morgan fingerprint density at radius 2 is 2.16 bits per heavy atom. The minimum atomic E-state index is -0.233. The Morgan fingerprint density at radius 1 is 1.37 bits per heavy atom. The van der Waals surface area contributed by atoms with Crippen LogP contribution in [0.5, 0.6) is 5.75 Å². The summed E-state index contributed by atoms with van der Waals surface area (Å²) in [6, 6.07) is 4.98. The molecule has 1 rings (SSSR count). The first kappa shape index (κ1) is 16.0. The van der Waals surface area contributed by atoms with Gasteiger partial charge in [-0.05, 0) is 24.6 Å². The molecule has 1 aromatic carbocycles. The van der Waals surface area contributed by atoms with Crippen molar-refractivity contribution in [2.45, 2.75) is 12.8 Å². The van der Waals surface area contributed by atoms with E-state index in [9.17, 15) is 4.79 Å². The van der Waals surface area contributed by atoms with E-state index in [2.05, 4.69) is 10.2 Å². The van der Waals surface area contributed by atoms with Gasteiger partial charge in [-0.2, -0.15) is 0 Å². The Kier molecular flexibility index (Phi) is 7.59. The van der Waals surface area contributed by atoms with Crippen LogP contribution in [0.25, 0.3) is 0 Å². The number of carbonyl (C=O) groups excluding carboxylic acids is 1. The van der Waals surface area contributed by atoms with Crippen molar-refractivity contribution in [3.05, 3.63) is 28.2 Å². The molecule has 0 heterocycles. The number of hydroxylamine groups is 1. The van der Waals surface area contributed by atoms with E-state index in [1.54, 1.807) is 18.2 Å². The number of carbonyl (C=O) groups is 1. The third kappa shape index (κ3) is 6.63. The normalized spacial score (nSPS) is 10.3. The van der Waals surface area contributed by atoms with Crippen molar-refractivity contribution in [2.75, 3.05) is 20.5 Å². The molecule has 0 atom stereocenters. The lowest BCUT2D eigenvalue weighted by atomic mass is 10.3. The number of amides is 1. The van der Waals surface area contributed by atoms with Crippen LogP contribution in [0, 0.1) is 0 Å². The topological polar surface area (TPSA) is 56.8 Å². The van der Waals surface area contributed by atoms with Crippen molar-refractivity contribution in [3.63, 3.8) is 0 Å². The van der Waals surface area contributed by atoms with Crippen molar-refractivity contribution >= 4 is 29.1 Å². The highest BCUT2D eigenvalue weighted by Crippen LogP contribution is 2.27. The van der Waals surface area contributed by atoms with Gasteiger partial charge in [0.15, 0.2) is 6.79 Å². The van der Waals surface area contributed by atoms with E-state index in [0.717, 1.165) is 0 Å². The molecule has 5 nitrogen and oxygen atoms in total. The Labute approximate surface area is 121 Å². The summed E-state index contributed by atoms with van der Waals surface area (Å²) < 4.78 is 10.0. The smallest absolute Gasteiger partial charge is 0.243 e. The highest BCUT2D eigenvalue weighted by Gasteiger charge is 2.04. The molecule has 1 amide bonds. The zero-order valence-electron chi connectivity index (χ0n) is 10.4. The molecule has 106 valence electrons. The predicted octanol–water partition coefficient (Wildman–Crippen LogP) is 2.80. The molecule has 0 unspecified atom stereocenters. The molecule has 0 aliphatic carbocycles. The first-order valence-electron chi connectivity index (χ1n) is 5.61. The van der Waals surface area contributed by atoms with E-state index in [0.29, 0.717) is 28.8 Å². The number of halogens is 2. The number of hydrogen-bond donors (Lipinski definition) is 1. The molecule has 0 radical (unpaired) electrons. The second-order valence-electron chi connectivity index (χ2n) is 3.60. The lowest BCUT2D eigenvalue weighted by molar-refractivity contribution is -0.144. The SMILES string of the molecule is COCONC(=O)CCCOc1ccc(Cl)cc1Cl. The zero-order valence-corrected chi connectivity index (χ0v) is 12.0. The number of ether oxygens (including phenoxy) is 2. The number of benzene rings is 1. The summed E-state index contributed by atoms with van der Waals surface area (Å²) in [5.41, 5.74) is 2.24. The van der Waals surface area contributed by atoms with Gasteiger partial charge in [0.2, 0.25) is 5.91 Å². The summed E-state index contributed by atoms with van der Waals surface area (Å²) in [5.74, 6) is 0.310. The fourth-order valence-corrected chi connectivity index (χ4v) is 1.69. The number of nitrogens with one attached hydrogen (secondary N) is 1. The average molecular weight is 308 g/mol. The Hall–Kier alpha value is -1.01. The number of rotatable bonds is 8. The van der Waals surface area contributed by atoms with Gasteiger partial charge >= 0.3 is 0 Å². The maximum atomic E-state index is 11.3. The van der Waals surface area contributed by atoms with Crippen LogP contribution in [-0.2, 0) is 14.4 Å². The van der Waals surface area contributed by atoms with Gasteiger partial charge in [-0.25, -0.2) is 10.3 Å². The van der Waals surface area contributed by atoms with Gasteiger partial charge in [-0.3, -0.25) is 4.79 Å². The molecule has 0 saturated carbocycles. The maximum Gasteiger partial charge on any atom is 0.243 e. The fourth-order valence-electron chi connectivity index (χ4n) is 1.23.